The normalized spacial score (nSPS) is 10.2. The summed E-state index contributed by atoms with van der Waals surface area (Å²) in [4.78, 5) is 13.4. The molecule has 0 saturated heterocycles. The fourth-order valence-corrected chi connectivity index (χ4v) is 1.99. The van der Waals surface area contributed by atoms with Crippen molar-refractivity contribution in [3.63, 3.8) is 0 Å². The van der Waals surface area contributed by atoms with Gasteiger partial charge >= 0.3 is 0 Å². The summed E-state index contributed by atoms with van der Waals surface area (Å²) in [5, 5.41) is 0. The van der Waals surface area contributed by atoms with Gasteiger partial charge in [0.1, 0.15) is 0 Å². The third-order valence-electron chi connectivity index (χ3n) is 2.28. The maximum atomic E-state index is 11.6. The Hall–Kier alpha value is -0.870. The number of halogens is 1. The second kappa shape index (κ2) is 6.66. The van der Waals surface area contributed by atoms with Crippen LogP contribution in [0.15, 0.2) is 28.7 Å². The summed E-state index contributed by atoms with van der Waals surface area (Å²) in [6.07, 6.45) is 0.944. The van der Waals surface area contributed by atoms with Crippen molar-refractivity contribution in [1.82, 2.24) is 4.90 Å². The van der Waals surface area contributed by atoms with Crippen LogP contribution in [0.4, 0.5) is 0 Å². The quantitative estimate of drug-likeness (QED) is 0.901. The number of benzene rings is 1. The van der Waals surface area contributed by atoms with Crippen molar-refractivity contribution in [2.75, 3.05) is 13.1 Å². The lowest BCUT2D eigenvalue weighted by Crippen LogP contribution is -2.36. The van der Waals surface area contributed by atoms with Crippen LogP contribution in [0.1, 0.15) is 18.9 Å². The molecule has 0 aromatic heterocycles. The third-order valence-corrected chi connectivity index (χ3v) is 2.78. The summed E-state index contributed by atoms with van der Waals surface area (Å²) in [5.74, 6) is 0.00169. The fraction of sp³-hybridized carbons (Fsp3) is 0.417. The zero-order chi connectivity index (χ0) is 12.0. The summed E-state index contributed by atoms with van der Waals surface area (Å²) in [6.45, 7) is 3.51. The summed E-state index contributed by atoms with van der Waals surface area (Å²) in [7, 11) is 0. The lowest BCUT2D eigenvalue weighted by atomic mass is 10.2. The number of nitrogens with two attached hydrogens (primary N) is 1. The molecule has 0 spiro atoms. The van der Waals surface area contributed by atoms with E-state index in [-0.39, 0.29) is 12.5 Å². The third kappa shape index (κ3) is 3.94. The lowest BCUT2D eigenvalue weighted by molar-refractivity contribution is -0.130. The molecule has 0 atom stereocenters. The van der Waals surface area contributed by atoms with Crippen molar-refractivity contribution in [3.8, 4) is 0 Å². The second-order valence-electron chi connectivity index (χ2n) is 3.65. The van der Waals surface area contributed by atoms with Gasteiger partial charge in [-0.25, -0.2) is 0 Å². The molecule has 0 unspecified atom stereocenters. The van der Waals surface area contributed by atoms with Gasteiger partial charge in [0, 0.05) is 17.6 Å². The van der Waals surface area contributed by atoms with Gasteiger partial charge in [0.15, 0.2) is 0 Å². The number of rotatable bonds is 5. The minimum absolute atomic E-state index is 0.00169. The van der Waals surface area contributed by atoms with E-state index in [9.17, 15) is 4.79 Å². The Labute approximate surface area is 105 Å². The first-order chi connectivity index (χ1) is 7.67. The van der Waals surface area contributed by atoms with Gasteiger partial charge < -0.3 is 10.6 Å². The molecule has 1 aromatic carbocycles. The molecule has 4 heteroatoms. The van der Waals surface area contributed by atoms with Gasteiger partial charge in [0.2, 0.25) is 5.91 Å². The largest absolute Gasteiger partial charge is 0.337 e. The van der Waals surface area contributed by atoms with Gasteiger partial charge in [-0.2, -0.15) is 0 Å². The van der Waals surface area contributed by atoms with Crippen molar-refractivity contribution in [3.05, 3.63) is 34.3 Å². The molecule has 1 amide bonds. The Bertz CT molecular complexity index is 355. The maximum absolute atomic E-state index is 11.6. The van der Waals surface area contributed by atoms with E-state index in [1.165, 1.54) is 0 Å². The van der Waals surface area contributed by atoms with Gasteiger partial charge in [0.05, 0.1) is 6.54 Å². The first-order valence-electron chi connectivity index (χ1n) is 5.39. The van der Waals surface area contributed by atoms with Crippen LogP contribution in [0, 0.1) is 0 Å². The number of nitrogens with zero attached hydrogens (tertiary/aromatic N) is 1. The van der Waals surface area contributed by atoms with Crippen LogP contribution in [0.25, 0.3) is 0 Å². The summed E-state index contributed by atoms with van der Waals surface area (Å²) < 4.78 is 1.03. The minimum atomic E-state index is 0.00169. The van der Waals surface area contributed by atoms with E-state index in [2.05, 4.69) is 22.9 Å². The molecule has 0 fully saturated rings. The van der Waals surface area contributed by atoms with Gasteiger partial charge in [-0.1, -0.05) is 35.0 Å². The Kier molecular flexibility index (Phi) is 5.49. The predicted molar refractivity (Wildman–Crippen MR) is 68.9 cm³/mol. The Morgan fingerprint density at radius 1 is 1.50 bits per heavy atom. The fourth-order valence-electron chi connectivity index (χ4n) is 1.55. The molecule has 1 rings (SSSR count). The molecule has 0 saturated carbocycles. The van der Waals surface area contributed by atoms with Gasteiger partial charge in [-0.15, -0.1) is 0 Å². The molecule has 0 bridgehead atoms. The monoisotopic (exact) mass is 284 g/mol. The number of hydrogen-bond acceptors (Lipinski definition) is 2. The van der Waals surface area contributed by atoms with Gasteiger partial charge in [-0.05, 0) is 24.1 Å². The van der Waals surface area contributed by atoms with Crippen LogP contribution in [-0.2, 0) is 11.3 Å². The molecule has 1 aromatic rings. The highest BCUT2D eigenvalue weighted by Gasteiger charge is 2.10. The zero-order valence-electron chi connectivity index (χ0n) is 9.45. The van der Waals surface area contributed by atoms with Crippen LogP contribution < -0.4 is 5.73 Å². The number of carbonyl (C=O) groups is 1. The van der Waals surface area contributed by atoms with E-state index >= 15 is 0 Å². The topological polar surface area (TPSA) is 46.3 Å². The van der Waals surface area contributed by atoms with E-state index in [1.807, 2.05) is 24.3 Å². The Morgan fingerprint density at radius 2 is 2.25 bits per heavy atom. The lowest BCUT2D eigenvalue weighted by Gasteiger charge is -2.21. The van der Waals surface area contributed by atoms with Gasteiger partial charge in [0.25, 0.3) is 0 Å². The van der Waals surface area contributed by atoms with Crippen molar-refractivity contribution in [2.24, 2.45) is 5.73 Å². The molecule has 16 heavy (non-hydrogen) atoms. The maximum Gasteiger partial charge on any atom is 0.236 e. The van der Waals surface area contributed by atoms with Crippen molar-refractivity contribution >= 4 is 21.8 Å². The average molecular weight is 285 g/mol. The number of carbonyl (C=O) groups excluding carboxylic acids is 1. The van der Waals surface area contributed by atoms with Crippen molar-refractivity contribution in [1.29, 1.82) is 0 Å². The van der Waals surface area contributed by atoms with Crippen molar-refractivity contribution in [2.45, 2.75) is 19.9 Å². The first kappa shape index (κ1) is 13.2. The summed E-state index contributed by atoms with van der Waals surface area (Å²) in [5.41, 5.74) is 6.50. The number of hydrogen-bond donors (Lipinski definition) is 1. The Balaban J connectivity index is 2.71. The van der Waals surface area contributed by atoms with E-state index in [0.717, 1.165) is 23.0 Å². The molecule has 0 aliphatic heterocycles. The average Bonchev–Trinajstić information content (AvgIpc) is 2.27. The summed E-state index contributed by atoms with van der Waals surface area (Å²) in [6, 6.07) is 7.97. The van der Waals surface area contributed by atoms with E-state index in [0.29, 0.717) is 6.54 Å². The molecule has 2 N–H and O–H groups in total. The highest BCUT2D eigenvalue weighted by molar-refractivity contribution is 9.10. The van der Waals surface area contributed by atoms with E-state index < -0.39 is 0 Å². The predicted octanol–water partition coefficient (Wildman–Crippen LogP) is 2.15. The molecule has 0 radical (unpaired) electrons. The first-order valence-corrected chi connectivity index (χ1v) is 6.19. The minimum Gasteiger partial charge on any atom is -0.337 e. The molecule has 3 nitrogen and oxygen atoms in total. The van der Waals surface area contributed by atoms with E-state index in [4.69, 9.17) is 5.73 Å². The number of amides is 1. The zero-order valence-corrected chi connectivity index (χ0v) is 11.0. The standard InChI is InChI=1S/C12H17BrN2O/c1-2-6-15(12(16)8-14)9-10-4-3-5-11(13)7-10/h3-5,7H,2,6,8-9,14H2,1H3. The van der Waals surface area contributed by atoms with Gasteiger partial charge in [-0.3, -0.25) is 4.79 Å². The van der Waals surface area contributed by atoms with E-state index in [1.54, 1.807) is 4.90 Å². The highest BCUT2D eigenvalue weighted by Crippen LogP contribution is 2.13. The molecule has 88 valence electrons. The van der Waals surface area contributed by atoms with Crippen molar-refractivity contribution < 1.29 is 4.79 Å². The van der Waals surface area contributed by atoms with Crippen LogP contribution in [0.2, 0.25) is 0 Å². The van der Waals surface area contributed by atoms with Crippen LogP contribution in [-0.4, -0.2) is 23.9 Å². The highest BCUT2D eigenvalue weighted by atomic mass is 79.9. The molecular formula is C12H17BrN2O. The molecule has 0 aliphatic carbocycles. The van der Waals surface area contributed by atoms with Crippen LogP contribution in [0.3, 0.4) is 0 Å². The molecular weight excluding hydrogens is 268 g/mol. The van der Waals surface area contributed by atoms with Crippen LogP contribution in [0.5, 0.6) is 0 Å². The summed E-state index contributed by atoms with van der Waals surface area (Å²) >= 11 is 3.42. The Morgan fingerprint density at radius 3 is 2.81 bits per heavy atom. The smallest absolute Gasteiger partial charge is 0.236 e. The van der Waals surface area contributed by atoms with Crippen LogP contribution >= 0.6 is 15.9 Å². The SMILES string of the molecule is CCCN(Cc1cccc(Br)c1)C(=O)CN. The second-order valence-corrected chi connectivity index (χ2v) is 4.57. The molecule has 0 heterocycles. The molecule has 0 aliphatic rings.